The molecule has 1 aliphatic rings. The SMILES string of the molecule is O=C(Nc1cccs1)N1CCC[C@@H](Oc2ncc(Br)cn2)C1. The number of hydrogen-bond acceptors (Lipinski definition) is 5. The van der Waals surface area contributed by atoms with Crippen molar-refractivity contribution in [3.8, 4) is 6.01 Å². The number of carbonyl (C=O) groups is 1. The number of halogens is 1. The van der Waals surface area contributed by atoms with Crippen LogP contribution in [0, 0.1) is 0 Å². The maximum absolute atomic E-state index is 12.2. The number of urea groups is 1. The zero-order valence-corrected chi connectivity index (χ0v) is 14.1. The van der Waals surface area contributed by atoms with Gasteiger partial charge in [0.25, 0.3) is 0 Å². The highest BCUT2D eigenvalue weighted by atomic mass is 79.9. The minimum atomic E-state index is -0.0903. The number of rotatable bonds is 3. The van der Waals surface area contributed by atoms with Crippen LogP contribution in [0.5, 0.6) is 6.01 Å². The van der Waals surface area contributed by atoms with Crippen LogP contribution in [0.4, 0.5) is 9.80 Å². The topological polar surface area (TPSA) is 67.4 Å². The summed E-state index contributed by atoms with van der Waals surface area (Å²) >= 11 is 4.79. The van der Waals surface area contributed by atoms with E-state index in [4.69, 9.17) is 4.74 Å². The summed E-state index contributed by atoms with van der Waals surface area (Å²) in [4.78, 5) is 22.2. The highest BCUT2D eigenvalue weighted by Gasteiger charge is 2.25. The lowest BCUT2D eigenvalue weighted by Crippen LogP contribution is -2.46. The summed E-state index contributed by atoms with van der Waals surface area (Å²) in [5.41, 5.74) is 0. The van der Waals surface area contributed by atoms with Crippen LogP contribution in [0.1, 0.15) is 12.8 Å². The van der Waals surface area contributed by atoms with Crippen LogP contribution in [0.25, 0.3) is 0 Å². The van der Waals surface area contributed by atoms with E-state index < -0.39 is 0 Å². The van der Waals surface area contributed by atoms with E-state index in [1.54, 1.807) is 17.3 Å². The van der Waals surface area contributed by atoms with Gasteiger partial charge in [-0.05, 0) is 46.3 Å². The minimum absolute atomic E-state index is 0.0796. The fourth-order valence-electron chi connectivity index (χ4n) is 2.26. The van der Waals surface area contributed by atoms with Gasteiger partial charge in [-0.3, -0.25) is 5.32 Å². The Hall–Kier alpha value is -1.67. The number of amides is 2. The van der Waals surface area contributed by atoms with Crippen molar-refractivity contribution < 1.29 is 9.53 Å². The van der Waals surface area contributed by atoms with Crippen LogP contribution in [-0.2, 0) is 0 Å². The van der Waals surface area contributed by atoms with Crippen LogP contribution in [-0.4, -0.2) is 40.1 Å². The molecule has 6 nitrogen and oxygen atoms in total. The Labute approximate surface area is 140 Å². The van der Waals surface area contributed by atoms with Crippen LogP contribution in [0.2, 0.25) is 0 Å². The number of likely N-dealkylation sites (tertiary alicyclic amines) is 1. The molecule has 0 unspecified atom stereocenters. The number of aromatic nitrogens is 2. The van der Waals surface area contributed by atoms with Crippen molar-refractivity contribution in [1.29, 1.82) is 0 Å². The van der Waals surface area contributed by atoms with Gasteiger partial charge in [0.1, 0.15) is 6.10 Å². The van der Waals surface area contributed by atoms with Gasteiger partial charge in [0.15, 0.2) is 0 Å². The smallest absolute Gasteiger partial charge is 0.322 e. The molecule has 22 heavy (non-hydrogen) atoms. The molecule has 3 rings (SSSR count). The summed E-state index contributed by atoms with van der Waals surface area (Å²) in [6.45, 7) is 1.27. The van der Waals surface area contributed by atoms with E-state index in [0.717, 1.165) is 28.9 Å². The molecule has 0 saturated carbocycles. The molecule has 1 atom stereocenters. The molecular weight excluding hydrogens is 368 g/mol. The fraction of sp³-hybridized carbons (Fsp3) is 0.357. The number of nitrogens with zero attached hydrogens (tertiary/aromatic N) is 3. The third-order valence-electron chi connectivity index (χ3n) is 3.29. The van der Waals surface area contributed by atoms with Gasteiger partial charge in [-0.2, -0.15) is 0 Å². The van der Waals surface area contributed by atoms with E-state index in [-0.39, 0.29) is 12.1 Å². The van der Waals surface area contributed by atoms with Gasteiger partial charge in [-0.25, -0.2) is 14.8 Å². The van der Waals surface area contributed by atoms with Gasteiger partial charge in [0.05, 0.1) is 16.0 Å². The van der Waals surface area contributed by atoms with Crippen molar-refractivity contribution in [3.63, 3.8) is 0 Å². The van der Waals surface area contributed by atoms with Gasteiger partial charge < -0.3 is 9.64 Å². The van der Waals surface area contributed by atoms with Gasteiger partial charge >= 0.3 is 12.0 Å². The second kappa shape index (κ2) is 7.06. The molecular formula is C14H15BrN4O2S. The first-order valence-electron chi connectivity index (χ1n) is 6.94. The third-order valence-corrected chi connectivity index (χ3v) is 4.48. The molecule has 2 aromatic rings. The van der Waals surface area contributed by atoms with E-state index in [2.05, 4.69) is 31.2 Å². The molecule has 2 amide bonds. The molecule has 8 heteroatoms. The van der Waals surface area contributed by atoms with E-state index in [9.17, 15) is 4.79 Å². The normalized spacial score (nSPS) is 18.0. The van der Waals surface area contributed by atoms with E-state index in [1.807, 2.05) is 17.5 Å². The number of piperidine rings is 1. The Balaban J connectivity index is 1.56. The second-order valence-corrected chi connectivity index (χ2v) is 6.78. The van der Waals surface area contributed by atoms with Crippen LogP contribution in [0.3, 0.4) is 0 Å². The molecule has 0 spiro atoms. The molecule has 1 fully saturated rings. The Kier molecular flexibility index (Phi) is 4.89. The predicted molar refractivity (Wildman–Crippen MR) is 88.3 cm³/mol. The highest BCUT2D eigenvalue weighted by Crippen LogP contribution is 2.19. The van der Waals surface area contributed by atoms with Gasteiger partial charge in [-0.1, -0.05) is 0 Å². The van der Waals surface area contributed by atoms with Crippen molar-refractivity contribution in [1.82, 2.24) is 14.9 Å². The largest absolute Gasteiger partial charge is 0.458 e. The summed E-state index contributed by atoms with van der Waals surface area (Å²) in [5.74, 6) is 0. The van der Waals surface area contributed by atoms with Crippen molar-refractivity contribution >= 4 is 38.3 Å². The first-order chi connectivity index (χ1) is 10.7. The number of thiophene rings is 1. The second-order valence-electron chi connectivity index (χ2n) is 4.92. The molecule has 116 valence electrons. The lowest BCUT2D eigenvalue weighted by atomic mass is 10.1. The minimum Gasteiger partial charge on any atom is -0.458 e. The molecule has 1 saturated heterocycles. The summed E-state index contributed by atoms with van der Waals surface area (Å²) in [6, 6.07) is 4.05. The summed E-state index contributed by atoms with van der Waals surface area (Å²) in [5, 5.41) is 5.68. The molecule has 1 aliphatic heterocycles. The number of anilines is 1. The Morgan fingerprint density at radius 2 is 2.27 bits per heavy atom. The molecule has 0 bridgehead atoms. The lowest BCUT2D eigenvalue weighted by molar-refractivity contribution is 0.0983. The Morgan fingerprint density at radius 3 is 3.00 bits per heavy atom. The van der Waals surface area contributed by atoms with Crippen LogP contribution in [0.15, 0.2) is 34.4 Å². The van der Waals surface area contributed by atoms with Crippen LogP contribution >= 0.6 is 27.3 Å². The van der Waals surface area contributed by atoms with Gasteiger partial charge in [-0.15, -0.1) is 11.3 Å². The first-order valence-corrected chi connectivity index (χ1v) is 8.61. The monoisotopic (exact) mass is 382 g/mol. The number of carbonyl (C=O) groups excluding carboxylic acids is 1. The number of nitrogens with one attached hydrogen (secondary N) is 1. The molecule has 0 aliphatic carbocycles. The highest BCUT2D eigenvalue weighted by molar-refractivity contribution is 9.10. The van der Waals surface area contributed by atoms with Gasteiger partial charge in [0.2, 0.25) is 0 Å². The lowest BCUT2D eigenvalue weighted by Gasteiger charge is -2.32. The number of hydrogen-bond donors (Lipinski definition) is 1. The average Bonchev–Trinajstić information content (AvgIpc) is 3.03. The fourth-order valence-corrected chi connectivity index (χ4v) is 3.08. The maximum Gasteiger partial charge on any atom is 0.322 e. The molecule has 3 heterocycles. The summed E-state index contributed by atoms with van der Waals surface area (Å²) < 4.78 is 6.57. The summed E-state index contributed by atoms with van der Waals surface area (Å²) in [6.07, 6.45) is 5.00. The summed E-state index contributed by atoms with van der Waals surface area (Å²) in [7, 11) is 0. The molecule has 0 aromatic carbocycles. The standard InChI is InChI=1S/C14H15BrN4O2S/c15-10-7-16-13(17-8-10)21-11-3-1-5-19(9-11)14(20)18-12-4-2-6-22-12/h2,4,6-8,11H,1,3,5,9H2,(H,18,20)/t11-/m1/s1. The molecule has 2 aromatic heterocycles. The van der Waals surface area contributed by atoms with E-state index in [1.165, 1.54) is 11.3 Å². The quantitative estimate of drug-likeness (QED) is 0.883. The molecule has 0 radical (unpaired) electrons. The Morgan fingerprint density at radius 1 is 1.45 bits per heavy atom. The van der Waals surface area contributed by atoms with Crippen molar-refractivity contribution in [2.75, 3.05) is 18.4 Å². The van der Waals surface area contributed by atoms with Gasteiger partial charge in [0, 0.05) is 18.9 Å². The van der Waals surface area contributed by atoms with E-state index >= 15 is 0 Å². The predicted octanol–water partition coefficient (Wildman–Crippen LogP) is 3.38. The first kappa shape index (κ1) is 15.2. The van der Waals surface area contributed by atoms with Crippen molar-refractivity contribution in [2.24, 2.45) is 0 Å². The zero-order valence-electron chi connectivity index (χ0n) is 11.7. The average molecular weight is 383 g/mol. The van der Waals surface area contributed by atoms with Crippen molar-refractivity contribution in [2.45, 2.75) is 18.9 Å². The third kappa shape index (κ3) is 3.95. The van der Waals surface area contributed by atoms with Crippen molar-refractivity contribution in [3.05, 3.63) is 34.4 Å². The van der Waals surface area contributed by atoms with Crippen LogP contribution < -0.4 is 10.1 Å². The van der Waals surface area contributed by atoms with E-state index in [0.29, 0.717) is 12.6 Å². The number of ether oxygens (including phenoxy) is 1. The molecule has 1 N–H and O–H groups in total. The zero-order chi connectivity index (χ0) is 15.4. The Bertz CT molecular complexity index is 620. The maximum atomic E-state index is 12.2.